The summed E-state index contributed by atoms with van der Waals surface area (Å²) >= 11 is 0. The second kappa shape index (κ2) is 6.76. The molecule has 0 aliphatic rings. The van der Waals surface area contributed by atoms with E-state index in [1.54, 1.807) is 6.92 Å². The van der Waals surface area contributed by atoms with Crippen molar-refractivity contribution >= 4 is 11.8 Å². The second-order valence-electron chi connectivity index (χ2n) is 4.10. The van der Waals surface area contributed by atoms with Crippen molar-refractivity contribution < 1.29 is 9.59 Å². The van der Waals surface area contributed by atoms with Gasteiger partial charge in [0.2, 0.25) is 11.8 Å². The molecule has 1 atom stereocenters. The lowest BCUT2D eigenvalue weighted by Crippen LogP contribution is -2.44. The summed E-state index contributed by atoms with van der Waals surface area (Å²) in [4.78, 5) is 22.9. The predicted octanol–water partition coefficient (Wildman–Crippen LogP) is -0.0615. The third-order valence-electron chi connectivity index (χ3n) is 2.64. The Kier molecular flexibility index (Phi) is 5.32. The molecule has 0 spiro atoms. The Morgan fingerprint density at radius 1 is 1.22 bits per heavy atom. The lowest BCUT2D eigenvalue weighted by atomic mass is 10.1. The number of carbonyl (C=O) groups excluding carboxylic acids is 2. The van der Waals surface area contributed by atoms with Crippen LogP contribution in [-0.2, 0) is 22.6 Å². The van der Waals surface area contributed by atoms with Gasteiger partial charge in [-0.15, -0.1) is 0 Å². The van der Waals surface area contributed by atoms with Gasteiger partial charge < -0.3 is 16.4 Å². The molecule has 4 N–H and O–H groups in total. The molecule has 0 bridgehead atoms. The summed E-state index contributed by atoms with van der Waals surface area (Å²) in [6.45, 7) is 2.13. The van der Waals surface area contributed by atoms with Gasteiger partial charge in [0, 0.05) is 13.6 Å². The summed E-state index contributed by atoms with van der Waals surface area (Å²) in [5.74, 6) is -0.381. The van der Waals surface area contributed by atoms with Crippen LogP contribution in [-0.4, -0.2) is 24.9 Å². The highest BCUT2D eigenvalue weighted by Crippen LogP contribution is 2.04. The summed E-state index contributed by atoms with van der Waals surface area (Å²) in [6, 6.07) is 7.00. The molecule has 0 saturated carbocycles. The van der Waals surface area contributed by atoms with E-state index in [-0.39, 0.29) is 18.2 Å². The summed E-state index contributed by atoms with van der Waals surface area (Å²) in [5.41, 5.74) is 7.41. The van der Waals surface area contributed by atoms with E-state index in [2.05, 4.69) is 10.6 Å². The zero-order valence-electron chi connectivity index (χ0n) is 10.7. The molecule has 0 aliphatic carbocycles. The number of likely N-dealkylation sites (N-methyl/N-ethyl adjacent to an activating group) is 1. The Balaban J connectivity index is 2.51. The van der Waals surface area contributed by atoms with Crippen molar-refractivity contribution in [1.29, 1.82) is 0 Å². The van der Waals surface area contributed by atoms with Gasteiger partial charge in [-0.2, -0.15) is 0 Å². The Hall–Kier alpha value is -1.88. The quantitative estimate of drug-likeness (QED) is 0.683. The average molecular weight is 249 g/mol. The number of hydrogen-bond acceptors (Lipinski definition) is 3. The number of carbonyl (C=O) groups is 2. The fourth-order valence-corrected chi connectivity index (χ4v) is 1.55. The fourth-order valence-electron chi connectivity index (χ4n) is 1.55. The number of hydrogen-bond donors (Lipinski definition) is 3. The molecule has 18 heavy (non-hydrogen) atoms. The van der Waals surface area contributed by atoms with Crippen molar-refractivity contribution in [3.8, 4) is 0 Å². The Bertz CT molecular complexity index is 415. The maximum atomic E-state index is 11.7. The smallest absolute Gasteiger partial charge is 0.242 e. The maximum Gasteiger partial charge on any atom is 0.242 e. The van der Waals surface area contributed by atoms with Crippen LogP contribution in [0.1, 0.15) is 18.1 Å². The van der Waals surface area contributed by atoms with Crippen LogP contribution >= 0.6 is 0 Å². The summed E-state index contributed by atoms with van der Waals surface area (Å²) in [5, 5.41) is 5.11. The van der Waals surface area contributed by atoms with Crippen LogP contribution in [0.2, 0.25) is 0 Å². The monoisotopic (exact) mass is 249 g/mol. The van der Waals surface area contributed by atoms with E-state index in [1.165, 1.54) is 7.05 Å². The molecule has 0 aliphatic heterocycles. The second-order valence-corrected chi connectivity index (χ2v) is 4.10. The van der Waals surface area contributed by atoms with Crippen LogP contribution in [0.25, 0.3) is 0 Å². The summed E-state index contributed by atoms with van der Waals surface area (Å²) < 4.78 is 0. The molecule has 0 aromatic heterocycles. The van der Waals surface area contributed by atoms with Gasteiger partial charge in [0.05, 0.1) is 6.42 Å². The van der Waals surface area contributed by atoms with E-state index in [1.807, 2.05) is 24.3 Å². The first-order chi connectivity index (χ1) is 8.56. The first-order valence-electron chi connectivity index (χ1n) is 5.85. The van der Waals surface area contributed by atoms with Crippen molar-refractivity contribution in [2.45, 2.75) is 25.9 Å². The van der Waals surface area contributed by atoms with Crippen molar-refractivity contribution in [1.82, 2.24) is 10.6 Å². The van der Waals surface area contributed by atoms with Gasteiger partial charge in [-0.05, 0) is 18.1 Å². The summed E-state index contributed by atoms with van der Waals surface area (Å²) in [6.07, 6.45) is 0.256. The Morgan fingerprint density at radius 2 is 1.78 bits per heavy atom. The number of benzene rings is 1. The van der Waals surface area contributed by atoms with Crippen molar-refractivity contribution in [2.75, 3.05) is 7.05 Å². The van der Waals surface area contributed by atoms with Gasteiger partial charge in [-0.3, -0.25) is 9.59 Å². The van der Waals surface area contributed by atoms with E-state index in [0.29, 0.717) is 6.54 Å². The number of nitrogens with one attached hydrogen (secondary N) is 2. The van der Waals surface area contributed by atoms with Crippen molar-refractivity contribution in [3.05, 3.63) is 35.4 Å². The zero-order chi connectivity index (χ0) is 13.5. The minimum atomic E-state index is -0.522. The van der Waals surface area contributed by atoms with E-state index < -0.39 is 6.04 Å². The Morgan fingerprint density at radius 3 is 2.28 bits per heavy atom. The summed E-state index contributed by atoms with van der Waals surface area (Å²) in [7, 11) is 1.54. The molecule has 1 aromatic rings. The van der Waals surface area contributed by atoms with Crippen molar-refractivity contribution in [3.63, 3.8) is 0 Å². The zero-order valence-corrected chi connectivity index (χ0v) is 10.7. The molecular weight excluding hydrogens is 230 g/mol. The normalized spacial score (nSPS) is 11.7. The minimum Gasteiger partial charge on any atom is -0.357 e. The highest BCUT2D eigenvalue weighted by atomic mass is 16.2. The largest absolute Gasteiger partial charge is 0.357 e. The molecule has 1 aromatic carbocycles. The van der Waals surface area contributed by atoms with E-state index in [0.717, 1.165) is 11.1 Å². The SMILES string of the molecule is CNC(=O)C(C)NC(=O)Cc1ccc(CN)cc1. The predicted molar refractivity (Wildman–Crippen MR) is 69.7 cm³/mol. The van der Waals surface area contributed by atoms with Crippen LogP contribution < -0.4 is 16.4 Å². The molecule has 0 saturated heterocycles. The van der Waals surface area contributed by atoms with Crippen LogP contribution in [0.15, 0.2) is 24.3 Å². The van der Waals surface area contributed by atoms with Gasteiger partial charge in [0.15, 0.2) is 0 Å². The topological polar surface area (TPSA) is 84.2 Å². The molecule has 98 valence electrons. The molecule has 0 fully saturated rings. The van der Waals surface area contributed by atoms with Gasteiger partial charge in [-0.1, -0.05) is 24.3 Å². The van der Waals surface area contributed by atoms with E-state index >= 15 is 0 Å². The first-order valence-corrected chi connectivity index (χ1v) is 5.85. The number of nitrogens with two attached hydrogens (primary N) is 1. The van der Waals surface area contributed by atoms with Gasteiger partial charge in [0.1, 0.15) is 6.04 Å². The molecule has 5 heteroatoms. The molecule has 5 nitrogen and oxygen atoms in total. The lowest BCUT2D eigenvalue weighted by molar-refractivity contribution is -0.128. The van der Waals surface area contributed by atoms with Crippen LogP contribution in [0.4, 0.5) is 0 Å². The molecule has 2 amide bonds. The van der Waals surface area contributed by atoms with Crippen LogP contribution in [0.5, 0.6) is 0 Å². The standard InChI is InChI=1S/C13H19N3O2/c1-9(13(18)15-2)16-12(17)7-10-3-5-11(8-14)6-4-10/h3-6,9H,7-8,14H2,1-2H3,(H,15,18)(H,16,17). The van der Waals surface area contributed by atoms with Gasteiger partial charge in [-0.25, -0.2) is 0 Å². The van der Waals surface area contributed by atoms with Gasteiger partial charge >= 0.3 is 0 Å². The van der Waals surface area contributed by atoms with Crippen LogP contribution in [0.3, 0.4) is 0 Å². The number of amides is 2. The highest BCUT2D eigenvalue weighted by molar-refractivity contribution is 5.87. The molecule has 1 rings (SSSR count). The van der Waals surface area contributed by atoms with Gasteiger partial charge in [0.25, 0.3) is 0 Å². The van der Waals surface area contributed by atoms with Crippen LogP contribution in [0, 0.1) is 0 Å². The molecular formula is C13H19N3O2. The fraction of sp³-hybridized carbons (Fsp3) is 0.385. The Labute approximate surface area is 107 Å². The highest BCUT2D eigenvalue weighted by Gasteiger charge is 2.13. The molecule has 0 heterocycles. The van der Waals surface area contributed by atoms with Crippen molar-refractivity contribution in [2.24, 2.45) is 5.73 Å². The first kappa shape index (κ1) is 14.2. The molecule has 0 radical (unpaired) electrons. The average Bonchev–Trinajstić information content (AvgIpc) is 2.38. The maximum absolute atomic E-state index is 11.7. The minimum absolute atomic E-state index is 0.174. The number of rotatable bonds is 5. The third kappa shape index (κ3) is 4.18. The lowest BCUT2D eigenvalue weighted by Gasteiger charge is -2.12. The third-order valence-corrected chi connectivity index (χ3v) is 2.64. The van der Waals surface area contributed by atoms with E-state index in [4.69, 9.17) is 5.73 Å². The van der Waals surface area contributed by atoms with E-state index in [9.17, 15) is 9.59 Å². The molecule has 1 unspecified atom stereocenters.